The van der Waals surface area contributed by atoms with Crippen LogP contribution in [-0.4, -0.2) is 19.0 Å². The third kappa shape index (κ3) is 4.94. The van der Waals surface area contributed by atoms with Crippen LogP contribution < -0.4 is 10.6 Å². The standard InChI is InChI=1S/C13H20N2O/c1-3-9-14-10-8-12-4-6-13(7-5-12)15-11(2)16/h4-7,14H,3,8-10H2,1-2H3,(H,15,16). The molecular formula is C13H20N2O. The minimum absolute atomic E-state index is 0.0302. The van der Waals surface area contributed by atoms with E-state index in [1.165, 1.54) is 18.9 Å². The summed E-state index contributed by atoms with van der Waals surface area (Å²) >= 11 is 0. The number of benzene rings is 1. The van der Waals surface area contributed by atoms with E-state index in [-0.39, 0.29) is 5.91 Å². The quantitative estimate of drug-likeness (QED) is 0.721. The lowest BCUT2D eigenvalue weighted by atomic mass is 10.1. The maximum absolute atomic E-state index is 10.8. The molecule has 0 unspecified atom stereocenters. The summed E-state index contributed by atoms with van der Waals surface area (Å²) in [5.74, 6) is -0.0302. The Morgan fingerprint density at radius 2 is 1.88 bits per heavy atom. The number of carbonyl (C=O) groups is 1. The fourth-order valence-electron chi connectivity index (χ4n) is 1.49. The topological polar surface area (TPSA) is 41.1 Å². The van der Waals surface area contributed by atoms with Crippen molar-refractivity contribution in [3.8, 4) is 0 Å². The molecule has 0 aliphatic rings. The average molecular weight is 220 g/mol. The molecule has 2 N–H and O–H groups in total. The van der Waals surface area contributed by atoms with Crippen LogP contribution in [0.15, 0.2) is 24.3 Å². The van der Waals surface area contributed by atoms with Gasteiger partial charge < -0.3 is 10.6 Å². The lowest BCUT2D eigenvalue weighted by Crippen LogP contribution is -2.17. The van der Waals surface area contributed by atoms with E-state index in [1.54, 1.807) is 0 Å². The lowest BCUT2D eigenvalue weighted by molar-refractivity contribution is -0.114. The maximum Gasteiger partial charge on any atom is 0.221 e. The Balaban J connectivity index is 2.36. The molecule has 16 heavy (non-hydrogen) atoms. The number of hydrogen-bond donors (Lipinski definition) is 2. The molecule has 1 rings (SSSR count). The monoisotopic (exact) mass is 220 g/mol. The summed E-state index contributed by atoms with van der Waals surface area (Å²) in [6.45, 7) is 5.76. The minimum atomic E-state index is -0.0302. The molecule has 1 aromatic carbocycles. The van der Waals surface area contributed by atoms with Crippen LogP contribution in [0.4, 0.5) is 5.69 Å². The third-order valence-corrected chi connectivity index (χ3v) is 2.29. The predicted molar refractivity (Wildman–Crippen MR) is 67.6 cm³/mol. The van der Waals surface area contributed by atoms with E-state index in [0.29, 0.717) is 0 Å². The molecule has 1 amide bonds. The van der Waals surface area contributed by atoms with Gasteiger partial charge in [-0.25, -0.2) is 0 Å². The van der Waals surface area contributed by atoms with Crippen molar-refractivity contribution in [3.63, 3.8) is 0 Å². The second kappa shape index (κ2) is 7.01. The molecule has 0 aromatic heterocycles. The summed E-state index contributed by atoms with van der Waals surface area (Å²) in [6, 6.07) is 7.99. The van der Waals surface area contributed by atoms with Gasteiger partial charge in [-0.1, -0.05) is 19.1 Å². The van der Waals surface area contributed by atoms with Gasteiger partial charge in [0.25, 0.3) is 0 Å². The molecule has 0 saturated heterocycles. The number of rotatable bonds is 6. The van der Waals surface area contributed by atoms with Crippen molar-refractivity contribution in [2.45, 2.75) is 26.7 Å². The van der Waals surface area contributed by atoms with Crippen molar-refractivity contribution in [1.82, 2.24) is 5.32 Å². The summed E-state index contributed by atoms with van der Waals surface area (Å²) in [5.41, 5.74) is 2.15. The van der Waals surface area contributed by atoms with Crippen LogP contribution in [0, 0.1) is 0 Å². The number of amides is 1. The van der Waals surface area contributed by atoms with Gasteiger partial charge in [-0.05, 0) is 43.6 Å². The first-order chi connectivity index (χ1) is 7.72. The molecule has 0 aliphatic carbocycles. The highest BCUT2D eigenvalue weighted by Gasteiger charge is 1.96. The second-order valence-electron chi connectivity index (χ2n) is 3.88. The Bertz CT molecular complexity index is 319. The number of anilines is 1. The molecule has 0 atom stereocenters. The van der Waals surface area contributed by atoms with Gasteiger partial charge in [0, 0.05) is 12.6 Å². The molecule has 0 bridgehead atoms. The van der Waals surface area contributed by atoms with E-state index < -0.39 is 0 Å². The van der Waals surface area contributed by atoms with Crippen LogP contribution in [0.25, 0.3) is 0 Å². The zero-order valence-corrected chi connectivity index (χ0v) is 10.0. The van der Waals surface area contributed by atoms with E-state index in [9.17, 15) is 4.79 Å². The molecule has 0 radical (unpaired) electrons. The second-order valence-corrected chi connectivity index (χ2v) is 3.88. The van der Waals surface area contributed by atoms with Crippen molar-refractivity contribution in [1.29, 1.82) is 0 Å². The Morgan fingerprint density at radius 3 is 2.44 bits per heavy atom. The first-order valence-electron chi connectivity index (χ1n) is 5.79. The number of nitrogens with one attached hydrogen (secondary N) is 2. The van der Waals surface area contributed by atoms with Gasteiger partial charge >= 0.3 is 0 Å². The van der Waals surface area contributed by atoms with Gasteiger partial charge in [0.2, 0.25) is 5.91 Å². The average Bonchev–Trinajstić information content (AvgIpc) is 2.26. The Labute approximate surface area is 97.2 Å². The molecule has 0 aliphatic heterocycles. The van der Waals surface area contributed by atoms with Crippen LogP contribution in [0.5, 0.6) is 0 Å². The largest absolute Gasteiger partial charge is 0.326 e. The van der Waals surface area contributed by atoms with Crippen molar-refractivity contribution < 1.29 is 4.79 Å². The maximum atomic E-state index is 10.8. The summed E-state index contributed by atoms with van der Waals surface area (Å²) in [6.07, 6.45) is 2.20. The van der Waals surface area contributed by atoms with Crippen LogP contribution in [0.2, 0.25) is 0 Å². The molecule has 0 heterocycles. The fraction of sp³-hybridized carbons (Fsp3) is 0.462. The molecule has 88 valence electrons. The van der Waals surface area contributed by atoms with Crippen molar-refractivity contribution in [2.24, 2.45) is 0 Å². The molecule has 1 aromatic rings. The van der Waals surface area contributed by atoms with Crippen LogP contribution >= 0.6 is 0 Å². The fourth-order valence-corrected chi connectivity index (χ4v) is 1.49. The zero-order chi connectivity index (χ0) is 11.8. The molecule has 0 fully saturated rings. The molecule has 3 heteroatoms. The van der Waals surface area contributed by atoms with E-state index in [2.05, 4.69) is 29.7 Å². The van der Waals surface area contributed by atoms with Crippen LogP contribution in [0.3, 0.4) is 0 Å². The van der Waals surface area contributed by atoms with Gasteiger partial charge in [0.1, 0.15) is 0 Å². The highest BCUT2D eigenvalue weighted by atomic mass is 16.1. The van der Waals surface area contributed by atoms with Crippen LogP contribution in [0.1, 0.15) is 25.8 Å². The lowest BCUT2D eigenvalue weighted by Gasteiger charge is -2.05. The highest BCUT2D eigenvalue weighted by molar-refractivity contribution is 5.88. The SMILES string of the molecule is CCCNCCc1ccc(NC(C)=O)cc1. The number of carbonyl (C=O) groups excluding carboxylic acids is 1. The summed E-state index contributed by atoms with van der Waals surface area (Å²) in [4.78, 5) is 10.8. The summed E-state index contributed by atoms with van der Waals surface area (Å²) in [5, 5.41) is 6.11. The minimum Gasteiger partial charge on any atom is -0.326 e. The van der Waals surface area contributed by atoms with Crippen LogP contribution in [-0.2, 0) is 11.2 Å². The summed E-state index contributed by atoms with van der Waals surface area (Å²) in [7, 11) is 0. The van der Waals surface area contributed by atoms with E-state index >= 15 is 0 Å². The normalized spacial score (nSPS) is 10.1. The van der Waals surface area contributed by atoms with Crippen molar-refractivity contribution in [2.75, 3.05) is 18.4 Å². The Hall–Kier alpha value is -1.35. The van der Waals surface area contributed by atoms with Gasteiger partial charge in [-0.2, -0.15) is 0 Å². The predicted octanol–water partition coefficient (Wildman–Crippen LogP) is 2.19. The van der Waals surface area contributed by atoms with E-state index in [0.717, 1.165) is 25.2 Å². The molecule has 0 spiro atoms. The first kappa shape index (κ1) is 12.7. The van der Waals surface area contributed by atoms with Gasteiger partial charge in [0.15, 0.2) is 0 Å². The van der Waals surface area contributed by atoms with Gasteiger partial charge in [-0.3, -0.25) is 4.79 Å². The molecule has 0 saturated carbocycles. The van der Waals surface area contributed by atoms with Gasteiger partial charge in [0.05, 0.1) is 0 Å². The van der Waals surface area contributed by atoms with E-state index in [4.69, 9.17) is 0 Å². The molecular weight excluding hydrogens is 200 g/mol. The van der Waals surface area contributed by atoms with Gasteiger partial charge in [-0.15, -0.1) is 0 Å². The smallest absolute Gasteiger partial charge is 0.221 e. The molecule has 3 nitrogen and oxygen atoms in total. The Kier molecular flexibility index (Phi) is 5.57. The Morgan fingerprint density at radius 1 is 1.19 bits per heavy atom. The third-order valence-electron chi connectivity index (χ3n) is 2.29. The highest BCUT2D eigenvalue weighted by Crippen LogP contribution is 2.09. The summed E-state index contributed by atoms with van der Waals surface area (Å²) < 4.78 is 0. The van der Waals surface area contributed by atoms with E-state index in [1.807, 2.05) is 12.1 Å². The van der Waals surface area contributed by atoms with Crippen molar-refractivity contribution in [3.05, 3.63) is 29.8 Å². The first-order valence-corrected chi connectivity index (χ1v) is 5.79. The van der Waals surface area contributed by atoms with Crippen molar-refractivity contribution >= 4 is 11.6 Å². The number of hydrogen-bond acceptors (Lipinski definition) is 2. The zero-order valence-electron chi connectivity index (χ0n) is 10.0.